The minimum Gasteiger partial charge on any atom is -0.496 e. The van der Waals surface area contributed by atoms with Crippen LogP contribution in [0.15, 0.2) is 54.6 Å². The van der Waals surface area contributed by atoms with Crippen molar-refractivity contribution in [3.8, 4) is 5.75 Å². The Balaban J connectivity index is 1.53. The zero-order valence-electron chi connectivity index (χ0n) is 17.7. The van der Waals surface area contributed by atoms with Gasteiger partial charge in [0.05, 0.1) is 23.7 Å². The van der Waals surface area contributed by atoms with Crippen molar-refractivity contribution in [1.82, 2.24) is 4.90 Å². The first-order valence-corrected chi connectivity index (χ1v) is 10.8. The summed E-state index contributed by atoms with van der Waals surface area (Å²) in [7, 11) is 1.62. The highest BCUT2D eigenvalue weighted by atomic mass is 35.5. The number of benzene rings is 3. The molecule has 0 radical (unpaired) electrons. The molecule has 3 aromatic carbocycles. The predicted octanol–water partition coefficient (Wildman–Crippen LogP) is 5.30. The van der Waals surface area contributed by atoms with Crippen molar-refractivity contribution in [2.45, 2.75) is 19.8 Å². The Morgan fingerprint density at radius 2 is 1.87 bits per heavy atom. The second kappa shape index (κ2) is 8.98. The van der Waals surface area contributed by atoms with E-state index in [2.05, 4.69) is 5.32 Å². The largest absolute Gasteiger partial charge is 0.496 e. The van der Waals surface area contributed by atoms with Crippen molar-refractivity contribution in [2.75, 3.05) is 25.5 Å². The van der Waals surface area contributed by atoms with E-state index in [-0.39, 0.29) is 17.7 Å². The number of aryl methyl sites for hydroxylation is 1. The van der Waals surface area contributed by atoms with Crippen LogP contribution in [0.5, 0.6) is 5.75 Å². The smallest absolute Gasteiger partial charge is 0.254 e. The van der Waals surface area contributed by atoms with Gasteiger partial charge in [-0.2, -0.15) is 0 Å². The number of fused-ring (bicyclic) bond motifs is 1. The lowest BCUT2D eigenvalue weighted by Gasteiger charge is -2.32. The van der Waals surface area contributed by atoms with E-state index in [1.54, 1.807) is 18.1 Å². The van der Waals surface area contributed by atoms with Gasteiger partial charge in [0.25, 0.3) is 5.91 Å². The molecule has 5 nitrogen and oxygen atoms in total. The summed E-state index contributed by atoms with van der Waals surface area (Å²) >= 11 is 6.26. The molecule has 0 spiro atoms. The van der Waals surface area contributed by atoms with Crippen LogP contribution < -0.4 is 10.1 Å². The van der Waals surface area contributed by atoms with Gasteiger partial charge in [-0.15, -0.1) is 0 Å². The van der Waals surface area contributed by atoms with Crippen LogP contribution in [-0.4, -0.2) is 36.9 Å². The number of hydrogen-bond donors (Lipinski definition) is 1. The van der Waals surface area contributed by atoms with E-state index in [1.807, 2.05) is 55.5 Å². The van der Waals surface area contributed by atoms with E-state index in [4.69, 9.17) is 16.3 Å². The molecule has 0 aromatic heterocycles. The molecule has 0 saturated carbocycles. The van der Waals surface area contributed by atoms with Gasteiger partial charge >= 0.3 is 0 Å². The minimum atomic E-state index is -0.278. The summed E-state index contributed by atoms with van der Waals surface area (Å²) in [5.41, 5.74) is 2.25. The third-order valence-electron chi connectivity index (χ3n) is 5.80. The van der Waals surface area contributed by atoms with Gasteiger partial charge in [0.2, 0.25) is 5.91 Å². The summed E-state index contributed by atoms with van der Waals surface area (Å²) in [5.74, 6) is 0.283. The Hall–Kier alpha value is -3.05. The lowest BCUT2D eigenvalue weighted by atomic mass is 9.95. The van der Waals surface area contributed by atoms with Crippen molar-refractivity contribution >= 4 is 39.9 Å². The van der Waals surface area contributed by atoms with Crippen LogP contribution in [-0.2, 0) is 4.79 Å². The topological polar surface area (TPSA) is 58.6 Å². The van der Waals surface area contributed by atoms with E-state index < -0.39 is 0 Å². The first kappa shape index (κ1) is 21.2. The summed E-state index contributed by atoms with van der Waals surface area (Å²) in [6.07, 6.45) is 1.52. The molecule has 0 unspecified atom stereocenters. The van der Waals surface area contributed by atoms with E-state index in [0.29, 0.717) is 29.4 Å². The molecule has 1 aliphatic heterocycles. The average molecular weight is 437 g/mol. The molecule has 1 aliphatic rings. The molecule has 1 saturated heterocycles. The van der Waals surface area contributed by atoms with E-state index in [1.165, 1.54) is 0 Å². The number of rotatable bonds is 4. The van der Waals surface area contributed by atoms with Crippen LogP contribution in [0.2, 0.25) is 5.02 Å². The normalized spacial score (nSPS) is 16.2. The summed E-state index contributed by atoms with van der Waals surface area (Å²) in [4.78, 5) is 28.0. The number of nitrogens with zero attached hydrogens (tertiary/aromatic N) is 1. The molecule has 1 N–H and O–H groups in total. The van der Waals surface area contributed by atoms with Crippen molar-refractivity contribution in [2.24, 2.45) is 5.92 Å². The van der Waals surface area contributed by atoms with Crippen LogP contribution in [0, 0.1) is 12.8 Å². The second-order valence-electron chi connectivity index (χ2n) is 7.92. The van der Waals surface area contributed by atoms with Gasteiger partial charge in [-0.3, -0.25) is 9.59 Å². The maximum absolute atomic E-state index is 13.4. The Kier molecular flexibility index (Phi) is 6.14. The van der Waals surface area contributed by atoms with Crippen molar-refractivity contribution in [1.29, 1.82) is 0 Å². The Morgan fingerprint density at radius 3 is 2.61 bits per heavy atom. The Labute approximate surface area is 186 Å². The van der Waals surface area contributed by atoms with Crippen LogP contribution in [0.4, 0.5) is 5.69 Å². The maximum atomic E-state index is 13.4. The fourth-order valence-corrected chi connectivity index (χ4v) is 4.42. The first-order chi connectivity index (χ1) is 15.0. The fourth-order valence-electron chi connectivity index (χ4n) is 4.14. The molecule has 1 atom stereocenters. The summed E-state index contributed by atoms with van der Waals surface area (Å²) in [6.45, 7) is 2.97. The molecule has 31 heavy (non-hydrogen) atoms. The molecular weight excluding hydrogens is 412 g/mol. The number of halogens is 1. The zero-order chi connectivity index (χ0) is 22.0. The molecule has 1 heterocycles. The third-order valence-corrected chi connectivity index (χ3v) is 6.11. The van der Waals surface area contributed by atoms with Crippen molar-refractivity contribution in [3.63, 3.8) is 0 Å². The highest BCUT2D eigenvalue weighted by Crippen LogP contribution is 2.30. The van der Waals surface area contributed by atoms with Gasteiger partial charge in [-0.25, -0.2) is 0 Å². The van der Waals surface area contributed by atoms with E-state index in [9.17, 15) is 9.59 Å². The quantitative estimate of drug-likeness (QED) is 0.603. The molecule has 0 bridgehead atoms. The highest BCUT2D eigenvalue weighted by molar-refractivity contribution is 6.33. The van der Waals surface area contributed by atoms with Gasteiger partial charge in [0, 0.05) is 24.0 Å². The minimum absolute atomic E-state index is 0.0651. The number of carbonyl (C=O) groups excluding carboxylic acids is 2. The Morgan fingerprint density at radius 1 is 1.10 bits per heavy atom. The first-order valence-electron chi connectivity index (χ1n) is 10.4. The summed E-state index contributed by atoms with van der Waals surface area (Å²) in [5, 5.41) is 5.19. The number of amides is 2. The lowest BCUT2D eigenvalue weighted by Crippen LogP contribution is -2.43. The molecule has 1 fully saturated rings. The third kappa shape index (κ3) is 4.37. The molecule has 6 heteroatoms. The van der Waals surface area contributed by atoms with Crippen molar-refractivity contribution < 1.29 is 14.3 Å². The molecule has 4 rings (SSSR count). The number of hydrogen-bond acceptors (Lipinski definition) is 3. The SMILES string of the molecule is COc1ccc(C(=O)N2CCC[C@@H](C(=O)Nc3ccc(C)cc3Cl)C2)c2ccccc12. The predicted molar refractivity (Wildman–Crippen MR) is 124 cm³/mol. The number of nitrogens with one attached hydrogen (secondary N) is 1. The van der Waals surface area contributed by atoms with Crippen LogP contribution in [0.3, 0.4) is 0 Å². The number of carbonyl (C=O) groups is 2. The summed E-state index contributed by atoms with van der Waals surface area (Å²) in [6, 6.07) is 16.9. The summed E-state index contributed by atoms with van der Waals surface area (Å²) < 4.78 is 5.44. The molecule has 3 aromatic rings. The molecule has 0 aliphatic carbocycles. The highest BCUT2D eigenvalue weighted by Gasteiger charge is 2.30. The monoisotopic (exact) mass is 436 g/mol. The number of ether oxygens (including phenoxy) is 1. The Bertz CT molecular complexity index is 1140. The van der Waals surface area contributed by atoms with Gasteiger partial charge in [0.15, 0.2) is 0 Å². The van der Waals surface area contributed by atoms with Crippen LogP contribution in [0.1, 0.15) is 28.8 Å². The number of piperidine rings is 1. The zero-order valence-corrected chi connectivity index (χ0v) is 18.4. The molecular formula is C25H25ClN2O3. The fraction of sp³-hybridized carbons (Fsp3) is 0.280. The second-order valence-corrected chi connectivity index (χ2v) is 8.33. The van der Waals surface area contributed by atoms with Crippen LogP contribution in [0.25, 0.3) is 10.8 Å². The number of likely N-dealkylation sites (tertiary alicyclic amines) is 1. The van der Waals surface area contributed by atoms with Gasteiger partial charge in [0.1, 0.15) is 5.75 Å². The molecule has 2 amide bonds. The average Bonchev–Trinajstić information content (AvgIpc) is 2.79. The maximum Gasteiger partial charge on any atom is 0.254 e. The standard InChI is InChI=1S/C25H25ClN2O3/c1-16-9-11-22(21(26)14-16)27-24(29)17-6-5-13-28(15-17)25(30)20-10-12-23(31-2)19-8-4-3-7-18(19)20/h3-4,7-12,14,17H,5-6,13,15H2,1-2H3,(H,27,29)/t17-/m1/s1. The lowest BCUT2D eigenvalue weighted by molar-refractivity contribution is -0.121. The van der Waals surface area contributed by atoms with Gasteiger partial charge in [-0.1, -0.05) is 41.9 Å². The van der Waals surface area contributed by atoms with E-state index >= 15 is 0 Å². The van der Waals surface area contributed by atoms with Gasteiger partial charge < -0.3 is 15.0 Å². The number of methoxy groups -OCH3 is 1. The molecule has 160 valence electrons. The van der Waals surface area contributed by atoms with Gasteiger partial charge in [-0.05, 0) is 55.0 Å². The van der Waals surface area contributed by atoms with Crippen molar-refractivity contribution in [3.05, 3.63) is 70.7 Å². The van der Waals surface area contributed by atoms with Crippen LogP contribution >= 0.6 is 11.6 Å². The van der Waals surface area contributed by atoms with E-state index in [0.717, 1.165) is 34.9 Å². The number of anilines is 1.